The van der Waals surface area contributed by atoms with Crippen molar-refractivity contribution in [2.75, 3.05) is 0 Å². The van der Waals surface area contributed by atoms with Gasteiger partial charge in [-0.05, 0) is 42.9 Å². The number of hydrogen-bond acceptors (Lipinski definition) is 0. The third-order valence-corrected chi connectivity index (χ3v) is 5.96. The van der Waals surface area contributed by atoms with Crippen LogP contribution in [0.1, 0.15) is 103 Å². The van der Waals surface area contributed by atoms with Gasteiger partial charge in [0.1, 0.15) is 0 Å². The largest absolute Gasteiger partial charge is 0.412 e. The molecule has 0 aromatic heterocycles. The fourth-order valence-electron chi connectivity index (χ4n) is 3.48. The zero-order chi connectivity index (χ0) is 17.1. The van der Waals surface area contributed by atoms with Crippen molar-refractivity contribution in [1.29, 1.82) is 0 Å². The molecule has 0 amide bonds. The van der Waals surface area contributed by atoms with Gasteiger partial charge < -0.3 is 5.48 Å². The summed E-state index contributed by atoms with van der Waals surface area (Å²) in [6, 6.07) is 0. The fraction of sp³-hybridized carbons (Fsp3) is 1.00. The van der Waals surface area contributed by atoms with Gasteiger partial charge in [-0.1, -0.05) is 86.5 Å². The van der Waals surface area contributed by atoms with E-state index in [4.69, 9.17) is 0 Å². The molecule has 0 radical (unpaired) electrons. The van der Waals surface area contributed by atoms with Gasteiger partial charge in [0.2, 0.25) is 0 Å². The molecule has 2 heteroatoms. The van der Waals surface area contributed by atoms with Crippen molar-refractivity contribution in [2.45, 2.75) is 106 Å². The molecule has 23 heavy (non-hydrogen) atoms. The van der Waals surface area contributed by atoms with Crippen molar-refractivity contribution in [3.8, 4) is 0 Å². The molecule has 1 rings (SSSR count). The van der Waals surface area contributed by atoms with Crippen LogP contribution in [0, 0.1) is 29.6 Å². The van der Waals surface area contributed by atoms with E-state index in [1.54, 1.807) is 6.92 Å². The van der Waals surface area contributed by atoms with E-state index in [0.717, 1.165) is 24.2 Å². The van der Waals surface area contributed by atoms with Crippen LogP contribution in [0.3, 0.4) is 0 Å². The maximum atomic E-state index is 12.9. The van der Waals surface area contributed by atoms with Gasteiger partial charge in [-0.2, -0.15) is 0 Å². The smallest absolute Gasteiger partial charge is 0.0999 e. The number of rotatable bonds is 7. The van der Waals surface area contributed by atoms with E-state index in [2.05, 4.69) is 34.6 Å². The first-order valence-corrected chi connectivity index (χ1v) is 9.95. The highest BCUT2D eigenvalue weighted by Gasteiger charge is 2.18. The van der Waals surface area contributed by atoms with Crippen LogP contribution < -0.4 is 0 Å². The Morgan fingerprint density at radius 3 is 1.83 bits per heavy atom. The van der Waals surface area contributed by atoms with Crippen molar-refractivity contribution in [1.82, 2.24) is 0 Å². The normalized spacial score (nSPS) is 26.1. The summed E-state index contributed by atoms with van der Waals surface area (Å²) in [6.07, 6.45) is 10.3. The van der Waals surface area contributed by atoms with Crippen LogP contribution in [0.5, 0.6) is 0 Å². The highest BCUT2D eigenvalue weighted by molar-refractivity contribution is 4.69. The lowest BCUT2D eigenvalue weighted by Crippen LogP contribution is -2.16. The van der Waals surface area contributed by atoms with Crippen molar-refractivity contribution in [3.63, 3.8) is 0 Å². The lowest BCUT2D eigenvalue weighted by Gasteiger charge is -2.24. The Bertz CT molecular complexity index is 256. The molecular weight excluding hydrogens is 287 g/mol. The van der Waals surface area contributed by atoms with Crippen LogP contribution in [0.15, 0.2) is 0 Å². The standard InChI is InChI=1S/C12H25F.C9H18.H2O.2H2/c1-6-7-9(2)10(3)8-11(4)12(5)13;1-3-9-6-4-8(2)5-7-9;;;/h9-12H,6-8H2,1-5H3;8-9H,3-7H2,1-2H3;1H2;2*1H. The van der Waals surface area contributed by atoms with Crippen molar-refractivity contribution < 1.29 is 12.7 Å². The Morgan fingerprint density at radius 1 is 0.913 bits per heavy atom. The molecule has 4 atom stereocenters. The highest BCUT2D eigenvalue weighted by atomic mass is 19.1. The molecule has 1 fully saturated rings. The molecule has 1 nitrogen and oxygen atoms in total. The molecule has 146 valence electrons. The average molecular weight is 337 g/mol. The van der Waals surface area contributed by atoms with E-state index in [1.807, 2.05) is 6.92 Å². The van der Waals surface area contributed by atoms with Crippen molar-refractivity contribution in [2.24, 2.45) is 29.6 Å². The van der Waals surface area contributed by atoms with Crippen molar-refractivity contribution >= 4 is 0 Å². The minimum Gasteiger partial charge on any atom is -0.412 e. The van der Waals surface area contributed by atoms with Gasteiger partial charge in [0.05, 0.1) is 6.17 Å². The zero-order valence-electron chi connectivity index (χ0n) is 17.0. The zero-order valence-corrected chi connectivity index (χ0v) is 17.0. The summed E-state index contributed by atoms with van der Waals surface area (Å²) in [6.45, 7) is 15.1. The number of hydrogen-bond donors (Lipinski definition) is 0. The van der Waals surface area contributed by atoms with Crippen LogP contribution in [0.25, 0.3) is 0 Å². The van der Waals surface area contributed by atoms with Gasteiger partial charge in [0.15, 0.2) is 0 Å². The predicted octanol–water partition coefficient (Wildman–Crippen LogP) is 7.33. The van der Waals surface area contributed by atoms with Gasteiger partial charge in [0, 0.05) is 2.85 Å². The number of halogens is 1. The van der Waals surface area contributed by atoms with Gasteiger partial charge >= 0.3 is 0 Å². The summed E-state index contributed by atoms with van der Waals surface area (Å²) in [5, 5.41) is 0. The quantitative estimate of drug-likeness (QED) is 0.466. The molecule has 0 bridgehead atoms. The molecule has 1 saturated carbocycles. The maximum Gasteiger partial charge on any atom is 0.0999 e. The Balaban J connectivity index is -0.000000164. The summed E-state index contributed by atoms with van der Waals surface area (Å²) in [4.78, 5) is 0. The second-order valence-corrected chi connectivity index (χ2v) is 8.17. The second kappa shape index (κ2) is 14.3. The van der Waals surface area contributed by atoms with Crippen LogP contribution in [0.4, 0.5) is 4.39 Å². The van der Waals surface area contributed by atoms with Gasteiger partial charge in [-0.15, -0.1) is 0 Å². The second-order valence-electron chi connectivity index (χ2n) is 8.17. The lowest BCUT2D eigenvalue weighted by atomic mass is 9.82. The van der Waals surface area contributed by atoms with Crippen molar-refractivity contribution in [3.05, 3.63) is 0 Å². The Kier molecular flexibility index (Phi) is 15.6. The Labute approximate surface area is 149 Å². The van der Waals surface area contributed by atoms with E-state index in [0.29, 0.717) is 5.92 Å². The van der Waals surface area contributed by atoms with Gasteiger partial charge in [0.25, 0.3) is 0 Å². The summed E-state index contributed by atoms with van der Waals surface area (Å²) in [5.41, 5.74) is 0. The van der Waals surface area contributed by atoms with Crippen LogP contribution in [-0.2, 0) is 0 Å². The molecule has 1 aliphatic carbocycles. The van der Waals surface area contributed by atoms with Crippen LogP contribution in [0.2, 0.25) is 0 Å². The summed E-state index contributed by atoms with van der Waals surface area (Å²) < 4.78 is 12.9. The molecule has 2 N–H and O–H groups in total. The lowest BCUT2D eigenvalue weighted by molar-refractivity contribution is 0.205. The highest BCUT2D eigenvalue weighted by Crippen LogP contribution is 2.29. The first kappa shape index (κ1) is 25.1. The van der Waals surface area contributed by atoms with Gasteiger partial charge in [-0.3, -0.25) is 0 Å². The van der Waals surface area contributed by atoms with E-state index in [9.17, 15) is 4.39 Å². The summed E-state index contributed by atoms with van der Waals surface area (Å²) in [5.74, 6) is 3.71. The molecule has 0 saturated heterocycles. The van der Waals surface area contributed by atoms with Gasteiger partial charge in [-0.25, -0.2) is 4.39 Å². The SMILES string of the molecule is CCC1CCC(C)CC1.CCCC(C)C(C)CC(C)C(C)F.O.[HH].[HH]. The number of alkyl halides is 1. The Morgan fingerprint density at radius 2 is 1.43 bits per heavy atom. The minimum atomic E-state index is -0.656. The monoisotopic (exact) mass is 336 g/mol. The molecule has 0 spiro atoms. The third-order valence-electron chi connectivity index (χ3n) is 5.96. The first-order valence-electron chi connectivity index (χ1n) is 9.95. The Hall–Kier alpha value is -0.110. The van der Waals surface area contributed by atoms with E-state index in [1.165, 1.54) is 44.9 Å². The first-order chi connectivity index (χ1) is 10.3. The molecular formula is C21H49FO. The van der Waals surface area contributed by atoms with E-state index in [-0.39, 0.29) is 14.2 Å². The van der Waals surface area contributed by atoms with E-state index >= 15 is 0 Å². The third kappa shape index (κ3) is 12.0. The molecule has 0 aromatic rings. The average Bonchev–Trinajstić information content (AvgIpc) is 2.48. The summed E-state index contributed by atoms with van der Waals surface area (Å²) >= 11 is 0. The predicted molar refractivity (Wildman–Crippen MR) is 107 cm³/mol. The summed E-state index contributed by atoms with van der Waals surface area (Å²) in [7, 11) is 0. The van der Waals surface area contributed by atoms with E-state index < -0.39 is 6.17 Å². The minimum absolute atomic E-state index is 0. The maximum absolute atomic E-state index is 12.9. The topological polar surface area (TPSA) is 31.5 Å². The molecule has 0 heterocycles. The molecule has 0 aliphatic heterocycles. The van der Waals surface area contributed by atoms with Crippen LogP contribution in [-0.4, -0.2) is 11.6 Å². The van der Waals surface area contributed by atoms with Crippen LogP contribution >= 0.6 is 0 Å². The molecule has 4 unspecified atom stereocenters. The molecule has 0 aromatic carbocycles. The molecule has 1 aliphatic rings. The fourth-order valence-corrected chi connectivity index (χ4v) is 3.48.